The van der Waals surface area contributed by atoms with Crippen LogP contribution in [-0.2, 0) is 27.7 Å². The smallest absolute Gasteiger partial charge is 0.259 e. The van der Waals surface area contributed by atoms with Gasteiger partial charge in [-0.25, -0.2) is 9.35 Å². The van der Waals surface area contributed by atoms with Crippen LogP contribution in [0.1, 0.15) is 61.8 Å². The highest BCUT2D eigenvalue weighted by Gasteiger charge is 2.21. The van der Waals surface area contributed by atoms with Crippen molar-refractivity contribution in [3.05, 3.63) is 82.9 Å². The number of benzene rings is 3. The van der Waals surface area contributed by atoms with Gasteiger partial charge in [0.2, 0.25) is 0 Å². The van der Waals surface area contributed by atoms with Crippen molar-refractivity contribution in [2.75, 3.05) is 26.5 Å². The molecule has 0 heterocycles. The van der Waals surface area contributed by atoms with Crippen LogP contribution in [-0.4, -0.2) is 36.2 Å². The lowest BCUT2D eigenvalue weighted by atomic mass is 9.83. The van der Waals surface area contributed by atoms with E-state index >= 15 is 0 Å². The summed E-state index contributed by atoms with van der Waals surface area (Å²) in [7, 11) is 2.54. The lowest BCUT2D eigenvalue weighted by Gasteiger charge is -2.22. The summed E-state index contributed by atoms with van der Waals surface area (Å²) >= 11 is 0. The first kappa shape index (κ1) is 28.6. The van der Waals surface area contributed by atoms with E-state index in [1.54, 1.807) is 12.1 Å². The van der Waals surface area contributed by atoms with E-state index in [4.69, 9.17) is 5.14 Å². The third-order valence-electron chi connectivity index (χ3n) is 6.40. The summed E-state index contributed by atoms with van der Waals surface area (Å²) in [6.45, 7) is 9.26. The molecule has 0 aliphatic carbocycles. The third kappa shape index (κ3) is 7.06. The normalized spacial score (nSPS) is 13.2. The Morgan fingerprint density at radius 1 is 0.973 bits per heavy atom. The zero-order chi connectivity index (χ0) is 27.3. The van der Waals surface area contributed by atoms with Gasteiger partial charge in [-0.1, -0.05) is 70.2 Å². The second-order valence-corrected chi connectivity index (χ2v) is 12.1. The van der Waals surface area contributed by atoms with Gasteiger partial charge in [-0.05, 0) is 71.9 Å². The van der Waals surface area contributed by atoms with Crippen molar-refractivity contribution in [3.8, 4) is 11.1 Å². The van der Waals surface area contributed by atoms with Crippen LogP contribution in [0.4, 0.5) is 5.69 Å². The van der Waals surface area contributed by atoms with Gasteiger partial charge < -0.3 is 10.2 Å². The summed E-state index contributed by atoms with van der Waals surface area (Å²) in [4.78, 5) is 15.6. The minimum Gasteiger partial charge on any atom is -0.388 e. The Kier molecular flexibility index (Phi) is 9.29. The summed E-state index contributed by atoms with van der Waals surface area (Å²) in [6.07, 6.45) is 0.0574. The maximum Gasteiger partial charge on any atom is 0.259 e. The van der Waals surface area contributed by atoms with Crippen molar-refractivity contribution in [2.24, 2.45) is 9.50 Å². The number of carbonyl (C=O) groups is 1. The van der Waals surface area contributed by atoms with Gasteiger partial charge in [0.05, 0.1) is 11.3 Å². The lowest BCUT2D eigenvalue weighted by molar-refractivity contribution is -0.117. The second kappa shape index (κ2) is 12.0. The van der Waals surface area contributed by atoms with Crippen LogP contribution in [0, 0.1) is 0 Å². The lowest BCUT2D eigenvalue weighted by Crippen LogP contribution is -2.17. The van der Waals surface area contributed by atoms with Crippen LogP contribution in [0.3, 0.4) is 0 Å². The Morgan fingerprint density at radius 2 is 1.54 bits per heavy atom. The van der Waals surface area contributed by atoms with Crippen LogP contribution in [0.5, 0.6) is 0 Å². The molecule has 37 heavy (non-hydrogen) atoms. The molecular formula is C30H40N4O2S. The number of para-hydroxylation sites is 1. The SMILES string of the molecule is CNc1ccccc1-c1cc(C(C)C)c(CC(=O)N=S(N)(=O)c2ccc(CN(C)C)cc2)c(C(C)C)c1. The van der Waals surface area contributed by atoms with E-state index in [-0.39, 0.29) is 18.3 Å². The van der Waals surface area contributed by atoms with Crippen molar-refractivity contribution in [3.63, 3.8) is 0 Å². The summed E-state index contributed by atoms with van der Waals surface area (Å²) < 4.78 is 17.3. The van der Waals surface area contributed by atoms with Crippen molar-refractivity contribution >= 4 is 21.5 Å². The van der Waals surface area contributed by atoms with Crippen molar-refractivity contribution in [1.29, 1.82) is 0 Å². The quantitative estimate of drug-likeness (QED) is 0.353. The van der Waals surface area contributed by atoms with Gasteiger partial charge in [-0.2, -0.15) is 0 Å². The molecule has 0 saturated carbocycles. The zero-order valence-electron chi connectivity index (χ0n) is 23.0. The Morgan fingerprint density at radius 3 is 2.05 bits per heavy atom. The average molecular weight is 521 g/mol. The van der Waals surface area contributed by atoms with Crippen molar-refractivity contribution < 1.29 is 9.00 Å². The molecule has 0 fully saturated rings. The van der Waals surface area contributed by atoms with E-state index in [1.165, 1.54) is 0 Å². The molecule has 7 heteroatoms. The first-order chi connectivity index (χ1) is 17.4. The Balaban J connectivity index is 2.02. The topological polar surface area (TPSA) is 87.8 Å². The van der Waals surface area contributed by atoms with E-state index in [0.29, 0.717) is 4.90 Å². The third-order valence-corrected chi connectivity index (χ3v) is 7.82. The zero-order valence-corrected chi connectivity index (χ0v) is 23.9. The van der Waals surface area contributed by atoms with Gasteiger partial charge in [-0.15, -0.1) is 4.36 Å². The van der Waals surface area contributed by atoms with Gasteiger partial charge >= 0.3 is 0 Å². The average Bonchev–Trinajstić information content (AvgIpc) is 2.83. The van der Waals surface area contributed by atoms with Crippen LogP contribution >= 0.6 is 0 Å². The van der Waals surface area contributed by atoms with Gasteiger partial charge in [0.15, 0.2) is 0 Å². The minimum absolute atomic E-state index is 0.0574. The second-order valence-electron chi connectivity index (χ2n) is 10.4. The number of nitrogens with one attached hydrogen (secondary N) is 1. The first-order valence-corrected chi connectivity index (χ1v) is 14.3. The van der Waals surface area contributed by atoms with Gasteiger partial charge in [0.1, 0.15) is 9.92 Å². The van der Waals surface area contributed by atoms with Gasteiger partial charge in [0.25, 0.3) is 5.91 Å². The Labute approximate surface area is 222 Å². The van der Waals surface area contributed by atoms with Gasteiger partial charge in [-0.3, -0.25) is 4.79 Å². The summed E-state index contributed by atoms with van der Waals surface area (Å²) in [5, 5.41) is 9.37. The van der Waals surface area contributed by atoms with Gasteiger partial charge in [0, 0.05) is 24.8 Å². The predicted molar refractivity (Wildman–Crippen MR) is 155 cm³/mol. The number of nitrogens with two attached hydrogens (primary N) is 1. The molecule has 0 saturated heterocycles. The predicted octanol–water partition coefficient (Wildman–Crippen LogP) is 6.17. The largest absolute Gasteiger partial charge is 0.388 e. The molecule has 1 amide bonds. The molecule has 0 bridgehead atoms. The Hall–Kier alpha value is -3.00. The molecule has 0 aromatic heterocycles. The fraction of sp³-hybridized carbons (Fsp3) is 0.367. The summed E-state index contributed by atoms with van der Waals surface area (Å²) in [5.41, 5.74) is 7.45. The van der Waals surface area contributed by atoms with Crippen LogP contribution in [0.25, 0.3) is 11.1 Å². The molecule has 6 nitrogen and oxygen atoms in total. The van der Waals surface area contributed by atoms with Crippen molar-refractivity contribution in [1.82, 2.24) is 4.90 Å². The van der Waals surface area contributed by atoms with E-state index in [0.717, 1.165) is 45.6 Å². The van der Waals surface area contributed by atoms with E-state index in [1.807, 2.05) is 50.3 Å². The minimum atomic E-state index is -3.35. The number of anilines is 1. The molecule has 198 valence electrons. The molecule has 0 radical (unpaired) electrons. The van der Waals surface area contributed by atoms with E-state index < -0.39 is 15.8 Å². The van der Waals surface area contributed by atoms with Crippen LogP contribution < -0.4 is 10.5 Å². The standard InChI is InChI=1S/C30H40N4O2S/c1-20(2)26-16-23(25-10-8-9-11-29(25)32-5)17-27(21(3)4)28(26)18-30(35)33-37(31,36)24-14-12-22(13-15-24)19-34(6)7/h8-17,20-21,32H,18-19H2,1-7H3,(H2,31,33,35,36). The monoisotopic (exact) mass is 520 g/mol. The molecule has 0 aliphatic heterocycles. The number of nitrogens with zero attached hydrogens (tertiary/aromatic N) is 2. The molecule has 3 aromatic carbocycles. The number of carbonyl (C=O) groups excluding carboxylic acids is 1. The maximum absolute atomic E-state index is 13.2. The van der Waals surface area contributed by atoms with E-state index in [9.17, 15) is 9.00 Å². The number of rotatable bonds is 9. The first-order valence-electron chi connectivity index (χ1n) is 12.7. The van der Waals surface area contributed by atoms with Crippen LogP contribution in [0.2, 0.25) is 0 Å². The van der Waals surface area contributed by atoms with Crippen LogP contribution in [0.15, 0.2) is 69.9 Å². The number of hydrogen-bond acceptors (Lipinski definition) is 4. The molecular weight excluding hydrogens is 480 g/mol. The maximum atomic E-state index is 13.2. The molecule has 1 unspecified atom stereocenters. The highest BCUT2D eigenvalue weighted by molar-refractivity contribution is 7.91. The highest BCUT2D eigenvalue weighted by atomic mass is 32.2. The summed E-state index contributed by atoms with van der Waals surface area (Å²) in [6, 6.07) is 19.7. The fourth-order valence-electron chi connectivity index (χ4n) is 4.60. The number of hydrogen-bond donors (Lipinski definition) is 2. The molecule has 3 rings (SSSR count). The van der Waals surface area contributed by atoms with E-state index in [2.05, 4.69) is 61.6 Å². The Bertz CT molecular complexity index is 1340. The molecule has 3 N–H and O–H groups in total. The number of amides is 1. The molecule has 0 aliphatic rings. The fourth-order valence-corrected chi connectivity index (χ4v) is 5.60. The summed E-state index contributed by atoms with van der Waals surface area (Å²) in [5.74, 6) is -0.0982. The molecule has 3 aromatic rings. The van der Waals surface area contributed by atoms with Crippen molar-refractivity contribution in [2.45, 2.75) is 57.4 Å². The highest BCUT2D eigenvalue weighted by Crippen LogP contribution is 2.36. The molecule has 0 spiro atoms. The molecule has 1 atom stereocenters.